The Kier molecular flexibility index (Phi) is 16.4. The van der Waals surface area contributed by atoms with Crippen molar-refractivity contribution in [2.24, 2.45) is 0 Å². The van der Waals surface area contributed by atoms with Gasteiger partial charge in [-0.25, -0.2) is 0 Å². The van der Waals surface area contributed by atoms with E-state index >= 15 is 0 Å². The van der Waals surface area contributed by atoms with E-state index < -0.39 is 0 Å². The second-order valence-corrected chi connectivity index (χ2v) is 5.57. The monoisotopic (exact) mass is 332 g/mol. The van der Waals surface area contributed by atoms with Gasteiger partial charge >= 0.3 is 11.9 Å². The summed E-state index contributed by atoms with van der Waals surface area (Å²) in [4.78, 5) is 22.9. The summed E-state index contributed by atoms with van der Waals surface area (Å²) in [6.45, 7) is 1.22. The summed E-state index contributed by atoms with van der Waals surface area (Å²) in [5, 5.41) is 17.2. The molecule has 0 saturated heterocycles. The van der Waals surface area contributed by atoms with Crippen LogP contribution in [0.15, 0.2) is 0 Å². The lowest BCUT2D eigenvalue weighted by Crippen LogP contribution is -2.09. The van der Waals surface area contributed by atoms with Crippen molar-refractivity contribution in [3.8, 4) is 0 Å². The van der Waals surface area contributed by atoms with E-state index in [0.717, 1.165) is 51.4 Å². The van der Waals surface area contributed by atoms with Gasteiger partial charge in [-0.1, -0.05) is 12.8 Å². The Morgan fingerprint density at radius 2 is 0.957 bits per heavy atom. The summed E-state index contributed by atoms with van der Waals surface area (Å²) in [6.07, 6.45) is 7.90. The second kappa shape index (κ2) is 17.2. The molecule has 0 aromatic carbocycles. The summed E-state index contributed by atoms with van der Waals surface area (Å²) < 4.78 is 10.1. The highest BCUT2D eigenvalue weighted by atomic mass is 16.5. The van der Waals surface area contributed by atoms with Gasteiger partial charge in [-0.2, -0.15) is 0 Å². The van der Waals surface area contributed by atoms with Crippen molar-refractivity contribution in [2.45, 2.75) is 70.6 Å². The van der Waals surface area contributed by atoms with Crippen molar-refractivity contribution < 1.29 is 29.3 Å². The number of ether oxygens (including phenoxy) is 2. The topological polar surface area (TPSA) is 93.1 Å². The van der Waals surface area contributed by atoms with Crippen LogP contribution >= 0.6 is 0 Å². The minimum Gasteiger partial charge on any atom is -0.466 e. The normalized spacial score (nSPS) is 10.5. The summed E-state index contributed by atoms with van der Waals surface area (Å²) in [5.74, 6) is -0.548. The SMILES string of the molecule is O=C(CCCC(=O)OCCCCCCO)OCCCCCCO. The largest absolute Gasteiger partial charge is 0.466 e. The Labute approximate surface area is 139 Å². The molecule has 6 heteroatoms. The number of esters is 2. The van der Waals surface area contributed by atoms with E-state index in [1.165, 1.54) is 0 Å². The van der Waals surface area contributed by atoms with Gasteiger partial charge in [0.05, 0.1) is 13.2 Å². The van der Waals surface area contributed by atoms with Crippen molar-refractivity contribution in [2.75, 3.05) is 26.4 Å². The summed E-state index contributed by atoms with van der Waals surface area (Å²) in [6, 6.07) is 0. The highest BCUT2D eigenvalue weighted by molar-refractivity contribution is 5.72. The van der Waals surface area contributed by atoms with Crippen molar-refractivity contribution in [3.63, 3.8) is 0 Å². The molecule has 0 aliphatic carbocycles. The van der Waals surface area contributed by atoms with Gasteiger partial charge in [0.2, 0.25) is 0 Å². The van der Waals surface area contributed by atoms with Crippen LogP contribution in [0, 0.1) is 0 Å². The van der Waals surface area contributed by atoms with E-state index in [4.69, 9.17) is 19.7 Å². The van der Waals surface area contributed by atoms with Gasteiger partial charge in [-0.15, -0.1) is 0 Å². The maximum Gasteiger partial charge on any atom is 0.305 e. The van der Waals surface area contributed by atoms with Crippen LogP contribution < -0.4 is 0 Å². The third-order valence-corrected chi connectivity index (χ3v) is 3.39. The fraction of sp³-hybridized carbons (Fsp3) is 0.882. The minimum absolute atomic E-state index is 0.207. The Hall–Kier alpha value is -1.14. The zero-order valence-electron chi connectivity index (χ0n) is 14.1. The predicted octanol–water partition coefficient (Wildman–Crippen LogP) is 2.35. The highest BCUT2D eigenvalue weighted by Gasteiger charge is 2.07. The van der Waals surface area contributed by atoms with Crippen LogP contribution in [-0.4, -0.2) is 48.6 Å². The van der Waals surface area contributed by atoms with Gasteiger partial charge < -0.3 is 19.7 Å². The van der Waals surface area contributed by atoms with Crippen LogP contribution in [0.4, 0.5) is 0 Å². The fourth-order valence-electron chi connectivity index (χ4n) is 2.03. The van der Waals surface area contributed by atoms with E-state index in [-0.39, 0.29) is 38.0 Å². The van der Waals surface area contributed by atoms with Crippen LogP contribution in [0.5, 0.6) is 0 Å². The molecule has 0 unspecified atom stereocenters. The second-order valence-electron chi connectivity index (χ2n) is 5.57. The average Bonchev–Trinajstić information content (AvgIpc) is 2.54. The number of hydrogen-bond donors (Lipinski definition) is 2. The van der Waals surface area contributed by atoms with Gasteiger partial charge in [-0.05, 0) is 44.9 Å². The van der Waals surface area contributed by atoms with Crippen LogP contribution in [0.1, 0.15) is 70.6 Å². The summed E-state index contributed by atoms with van der Waals surface area (Å²) >= 11 is 0. The fourth-order valence-corrected chi connectivity index (χ4v) is 2.03. The van der Waals surface area contributed by atoms with Gasteiger partial charge in [0.15, 0.2) is 0 Å². The van der Waals surface area contributed by atoms with Gasteiger partial charge in [-0.3, -0.25) is 9.59 Å². The number of carbonyl (C=O) groups is 2. The first-order chi connectivity index (χ1) is 11.2. The van der Waals surface area contributed by atoms with Gasteiger partial charge in [0.1, 0.15) is 0 Å². The molecule has 0 saturated carbocycles. The predicted molar refractivity (Wildman–Crippen MR) is 86.9 cm³/mol. The lowest BCUT2D eigenvalue weighted by Gasteiger charge is -2.06. The van der Waals surface area contributed by atoms with Crippen molar-refractivity contribution in [1.29, 1.82) is 0 Å². The number of unbranched alkanes of at least 4 members (excludes halogenated alkanes) is 6. The maximum atomic E-state index is 11.4. The molecule has 0 amide bonds. The Morgan fingerprint density at radius 1 is 0.565 bits per heavy atom. The van der Waals surface area contributed by atoms with Crippen molar-refractivity contribution in [1.82, 2.24) is 0 Å². The number of aliphatic hydroxyl groups excluding tert-OH is 2. The number of aliphatic hydroxyl groups is 2. The Morgan fingerprint density at radius 3 is 1.35 bits per heavy atom. The smallest absolute Gasteiger partial charge is 0.305 e. The highest BCUT2D eigenvalue weighted by Crippen LogP contribution is 2.04. The zero-order chi connectivity index (χ0) is 17.2. The lowest BCUT2D eigenvalue weighted by atomic mass is 10.2. The first-order valence-electron chi connectivity index (χ1n) is 8.73. The number of carbonyl (C=O) groups excluding carboxylic acids is 2. The van der Waals surface area contributed by atoms with Crippen LogP contribution in [0.2, 0.25) is 0 Å². The Bertz CT molecular complexity index is 265. The first-order valence-corrected chi connectivity index (χ1v) is 8.73. The van der Waals surface area contributed by atoms with Crippen LogP contribution in [-0.2, 0) is 19.1 Å². The molecule has 0 fully saturated rings. The van der Waals surface area contributed by atoms with Crippen molar-refractivity contribution in [3.05, 3.63) is 0 Å². The average molecular weight is 332 g/mol. The summed E-state index contributed by atoms with van der Waals surface area (Å²) in [5.41, 5.74) is 0. The molecule has 23 heavy (non-hydrogen) atoms. The minimum atomic E-state index is -0.274. The van der Waals surface area contributed by atoms with Crippen LogP contribution in [0.25, 0.3) is 0 Å². The molecule has 0 spiro atoms. The zero-order valence-corrected chi connectivity index (χ0v) is 14.1. The lowest BCUT2D eigenvalue weighted by molar-refractivity contribution is -0.145. The number of rotatable bonds is 16. The van der Waals surface area contributed by atoms with E-state index in [1.807, 2.05) is 0 Å². The van der Waals surface area contributed by atoms with E-state index in [9.17, 15) is 9.59 Å². The van der Waals surface area contributed by atoms with E-state index in [1.54, 1.807) is 0 Å². The first kappa shape index (κ1) is 21.9. The standard InChI is InChI=1S/C17H32O6/c18-12-5-1-3-7-14-22-16(20)10-9-11-17(21)23-15-8-4-2-6-13-19/h18-19H,1-15H2. The molecule has 0 heterocycles. The number of hydrogen-bond acceptors (Lipinski definition) is 6. The molecule has 0 atom stereocenters. The molecule has 0 rings (SSSR count). The third-order valence-electron chi connectivity index (χ3n) is 3.39. The molecule has 0 aromatic rings. The molecule has 0 bridgehead atoms. The molecule has 0 radical (unpaired) electrons. The van der Waals surface area contributed by atoms with Crippen LogP contribution in [0.3, 0.4) is 0 Å². The maximum absolute atomic E-state index is 11.4. The van der Waals surface area contributed by atoms with Gasteiger partial charge in [0, 0.05) is 26.1 Å². The van der Waals surface area contributed by atoms with E-state index in [2.05, 4.69) is 0 Å². The summed E-state index contributed by atoms with van der Waals surface area (Å²) in [7, 11) is 0. The molecular weight excluding hydrogens is 300 g/mol. The molecule has 0 aromatic heterocycles. The molecule has 0 aliphatic rings. The molecule has 6 nitrogen and oxygen atoms in total. The molecule has 136 valence electrons. The molecular formula is C17H32O6. The van der Waals surface area contributed by atoms with E-state index in [0.29, 0.717) is 19.6 Å². The Balaban J connectivity index is 3.33. The molecule has 2 N–H and O–H groups in total. The van der Waals surface area contributed by atoms with Gasteiger partial charge in [0.25, 0.3) is 0 Å². The van der Waals surface area contributed by atoms with Crippen molar-refractivity contribution >= 4 is 11.9 Å². The molecule has 0 aliphatic heterocycles. The third kappa shape index (κ3) is 17.1. The quantitative estimate of drug-likeness (QED) is 0.333.